The van der Waals surface area contributed by atoms with E-state index >= 15 is 0 Å². The van der Waals surface area contributed by atoms with E-state index in [1.165, 1.54) is 141 Å². The van der Waals surface area contributed by atoms with E-state index < -0.39 is 16.4 Å². The van der Waals surface area contributed by atoms with Gasteiger partial charge in [0.25, 0.3) is 0 Å². The van der Waals surface area contributed by atoms with Crippen LogP contribution in [0.2, 0.25) is 0 Å². The molecule has 0 radical (unpaired) electrons. The molecule has 0 saturated carbocycles. The Hall–Kier alpha value is 1.98. The average molecular weight is 639 g/mol. The molecule has 0 aromatic rings. The Morgan fingerprint density at radius 3 is 1.00 bits per heavy atom. The third kappa shape index (κ3) is 54.8. The summed E-state index contributed by atoms with van der Waals surface area (Å²) in [7, 11) is -4.49. The number of hydrogen-bond donors (Lipinski definition) is 0. The van der Waals surface area contributed by atoms with Gasteiger partial charge in [-0.2, -0.15) is 0 Å². The second kappa shape index (κ2) is 42.0. The third-order valence-corrected chi connectivity index (χ3v) is 7.67. The van der Waals surface area contributed by atoms with Gasteiger partial charge in [-0.25, -0.2) is 8.42 Å². The normalized spacial score (nSPS) is 10.8. The fourth-order valence-corrected chi connectivity index (χ4v) is 5.07. The van der Waals surface area contributed by atoms with Crippen LogP contribution in [0.1, 0.15) is 194 Å². The summed E-state index contributed by atoms with van der Waals surface area (Å²) in [6.45, 7) is 4.54. The molecule has 0 fully saturated rings. The Bertz CT molecular complexity index is 593. The molecule has 0 unspecified atom stereocenters. The molecule has 0 spiro atoms. The number of unbranched alkanes of at least 4 members (excludes halogenated alkanes) is 25. The smallest absolute Gasteiger partial charge is 0.726 e. The van der Waals surface area contributed by atoms with Crippen LogP contribution in [0.3, 0.4) is 0 Å². The number of carbonyl (C=O) groups excluding carboxylic acids is 1. The number of carboxylic acids is 1. The van der Waals surface area contributed by atoms with Crippen molar-refractivity contribution >= 4 is 16.4 Å². The third-order valence-electron chi connectivity index (χ3n) is 7.21. The first-order valence-electron chi connectivity index (χ1n) is 16.6. The van der Waals surface area contributed by atoms with E-state index in [0.717, 1.165) is 25.7 Å². The number of aliphatic carboxylic acids is 1. The zero-order chi connectivity index (χ0) is 29.3. The van der Waals surface area contributed by atoms with Crippen LogP contribution in [-0.4, -0.2) is 25.5 Å². The number of carbonyl (C=O) groups is 1. The first kappa shape index (κ1) is 49.8. The molecule has 0 aromatic carbocycles. The van der Waals surface area contributed by atoms with E-state index in [-0.39, 0.29) is 94.0 Å². The van der Waals surface area contributed by atoms with Gasteiger partial charge in [0.15, 0.2) is 0 Å². The summed E-state index contributed by atoms with van der Waals surface area (Å²) in [4.78, 5) is 10.2. The predicted octanol–water partition coefficient (Wildman–Crippen LogP) is 3.17. The maximum atomic E-state index is 10.2. The number of rotatable bonds is 30. The zero-order valence-corrected chi connectivity index (χ0v) is 33.8. The van der Waals surface area contributed by atoms with E-state index in [1.807, 2.05) is 0 Å². The van der Waals surface area contributed by atoms with Crippen LogP contribution in [-0.2, 0) is 19.4 Å². The van der Waals surface area contributed by atoms with Crippen LogP contribution in [0.15, 0.2) is 0 Å². The van der Waals surface area contributed by atoms with Gasteiger partial charge in [0.2, 0.25) is 10.4 Å². The van der Waals surface area contributed by atoms with Gasteiger partial charge < -0.3 is 14.5 Å². The van der Waals surface area contributed by atoms with Gasteiger partial charge >= 0.3 is 80.9 Å². The molecule has 0 atom stereocenters. The average Bonchev–Trinajstić information content (AvgIpc) is 2.88. The maximum absolute atomic E-state index is 10.2. The zero-order valence-electron chi connectivity index (χ0n) is 27.9. The Balaban J connectivity index is -0.000000322. The first-order valence-corrected chi connectivity index (χ1v) is 18.0. The van der Waals surface area contributed by atoms with E-state index in [0.29, 0.717) is 6.42 Å². The monoisotopic (exact) mass is 638 g/mol. The van der Waals surface area contributed by atoms with Crippen molar-refractivity contribution in [2.24, 2.45) is 0 Å². The summed E-state index contributed by atoms with van der Waals surface area (Å²) in [6.07, 6.45) is 34.3. The number of hydrogen-bond acceptors (Lipinski definition) is 6. The fraction of sp³-hybridized carbons (Fsp3) is 0.969. The molecule has 0 aliphatic rings. The second-order valence-electron chi connectivity index (χ2n) is 11.2. The predicted molar refractivity (Wildman–Crippen MR) is 161 cm³/mol. The molecule has 9 heteroatoms. The van der Waals surface area contributed by atoms with Crippen molar-refractivity contribution in [2.45, 2.75) is 194 Å². The topological polar surface area (TPSA) is 107 Å². The maximum Gasteiger partial charge on any atom is 1.00 e. The standard InChI is InChI=1S/C16H34O4S.C16H32O2.K.Na/c1-2-3-4-5-6-7-8-9-10-11-12-13-14-15-16-20-21(17,18)19;1-2-3-4-5-6-7-8-9-10-11-12-13-14-15-16(17)18;;/h2-16H2,1H3,(H,17,18,19);2-15H2,1H3,(H,17,18);;/q;;2*+1/p-2. The van der Waals surface area contributed by atoms with E-state index in [9.17, 15) is 22.9 Å². The van der Waals surface area contributed by atoms with E-state index in [2.05, 4.69) is 18.0 Å². The van der Waals surface area contributed by atoms with Crippen molar-refractivity contribution in [3.8, 4) is 0 Å². The fourth-order valence-electron chi connectivity index (χ4n) is 4.74. The van der Waals surface area contributed by atoms with Gasteiger partial charge in [-0.15, -0.1) is 0 Å². The van der Waals surface area contributed by atoms with Crippen LogP contribution >= 0.6 is 0 Å². The molecule has 0 heterocycles. The van der Waals surface area contributed by atoms with Crippen LogP contribution < -0.4 is 86.0 Å². The van der Waals surface area contributed by atoms with Crippen molar-refractivity contribution in [1.82, 2.24) is 0 Å². The summed E-state index contributed by atoms with van der Waals surface area (Å²) in [6, 6.07) is 0. The minimum absolute atomic E-state index is 0. The largest absolute Gasteiger partial charge is 1.00 e. The molecule has 0 amide bonds. The van der Waals surface area contributed by atoms with E-state index in [4.69, 9.17) is 0 Å². The molecule has 6 nitrogen and oxygen atoms in total. The van der Waals surface area contributed by atoms with Gasteiger partial charge in [-0.1, -0.05) is 174 Å². The van der Waals surface area contributed by atoms with Gasteiger partial charge in [0, 0.05) is 5.97 Å². The van der Waals surface area contributed by atoms with Crippen molar-refractivity contribution in [3.05, 3.63) is 0 Å². The van der Waals surface area contributed by atoms with Crippen molar-refractivity contribution in [1.29, 1.82) is 0 Å². The molecular weight excluding hydrogens is 575 g/mol. The Morgan fingerprint density at radius 1 is 0.512 bits per heavy atom. The summed E-state index contributed by atoms with van der Waals surface area (Å²) in [5.74, 6) is -0.905. The minimum atomic E-state index is -4.49. The van der Waals surface area contributed by atoms with Gasteiger partial charge in [0.05, 0.1) is 6.61 Å². The Labute approximate surface area is 320 Å². The molecular formula is C32H64KNaO6S. The first-order chi connectivity index (χ1) is 18.8. The summed E-state index contributed by atoms with van der Waals surface area (Å²) < 4.78 is 34.7. The second-order valence-corrected chi connectivity index (χ2v) is 12.2. The van der Waals surface area contributed by atoms with Crippen molar-refractivity contribution < 1.29 is 108 Å². The molecule has 236 valence electrons. The molecule has 0 aromatic heterocycles. The molecule has 0 N–H and O–H groups in total. The number of carboxylic acid groups (broad SMARTS) is 1. The molecule has 41 heavy (non-hydrogen) atoms. The molecule has 0 aliphatic heterocycles. The van der Waals surface area contributed by atoms with Gasteiger partial charge in [-0.05, 0) is 19.3 Å². The summed E-state index contributed by atoms with van der Waals surface area (Å²) >= 11 is 0. The minimum Gasteiger partial charge on any atom is -0.726 e. The molecule has 0 saturated heterocycles. The van der Waals surface area contributed by atoms with Crippen LogP contribution in [0.25, 0.3) is 0 Å². The Kier molecular flexibility index (Phi) is 51.0. The van der Waals surface area contributed by atoms with Gasteiger partial charge in [-0.3, -0.25) is 4.18 Å². The van der Waals surface area contributed by atoms with Crippen molar-refractivity contribution in [2.75, 3.05) is 6.61 Å². The summed E-state index contributed by atoms with van der Waals surface area (Å²) in [5, 5.41) is 10.2. The quantitative estimate of drug-likeness (QED) is 0.0518. The SMILES string of the molecule is CCCCCCCCCCCCCCCC(=O)[O-].CCCCCCCCCCCCCCCCOS(=O)(=O)[O-].[K+].[Na+]. The van der Waals surface area contributed by atoms with Crippen LogP contribution in [0.5, 0.6) is 0 Å². The van der Waals surface area contributed by atoms with E-state index in [1.54, 1.807) is 0 Å². The van der Waals surface area contributed by atoms with Crippen LogP contribution in [0.4, 0.5) is 0 Å². The summed E-state index contributed by atoms with van der Waals surface area (Å²) in [5.41, 5.74) is 0. The van der Waals surface area contributed by atoms with Gasteiger partial charge in [0.1, 0.15) is 0 Å². The van der Waals surface area contributed by atoms with Crippen LogP contribution in [0, 0.1) is 0 Å². The molecule has 0 rings (SSSR count). The Morgan fingerprint density at radius 2 is 0.756 bits per heavy atom. The molecule has 0 bridgehead atoms. The van der Waals surface area contributed by atoms with Crippen molar-refractivity contribution in [3.63, 3.8) is 0 Å². The molecule has 0 aliphatic carbocycles.